The molecule has 0 aromatic carbocycles. The van der Waals surface area contributed by atoms with Crippen LogP contribution in [0.25, 0.3) is 10.2 Å². The molecule has 0 aliphatic rings. The van der Waals surface area contributed by atoms with Crippen molar-refractivity contribution in [2.24, 2.45) is 0 Å². The summed E-state index contributed by atoms with van der Waals surface area (Å²) in [6.45, 7) is 4.05. The Morgan fingerprint density at radius 2 is 2.32 bits per heavy atom. The summed E-state index contributed by atoms with van der Waals surface area (Å²) >= 11 is 1.56. The lowest BCUT2D eigenvalue weighted by Crippen LogP contribution is -2.21. The smallest absolute Gasteiger partial charge is 0.262 e. The fourth-order valence-corrected chi connectivity index (χ4v) is 2.78. The van der Waals surface area contributed by atoms with Crippen molar-refractivity contribution in [3.63, 3.8) is 0 Å². The molecule has 3 aromatic rings. The van der Waals surface area contributed by atoms with Gasteiger partial charge in [0.25, 0.3) is 5.56 Å². The molecular weight excluding hydrogens is 264 g/mol. The van der Waals surface area contributed by atoms with Crippen LogP contribution in [0.1, 0.15) is 23.5 Å². The zero-order valence-corrected chi connectivity index (χ0v) is 11.4. The van der Waals surface area contributed by atoms with Gasteiger partial charge in [-0.1, -0.05) is 12.1 Å². The highest BCUT2D eigenvalue weighted by Crippen LogP contribution is 2.20. The molecule has 3 aromatic heterocycles. The van der Waals surface area contributed by atoms with Crippen LogP contribution >= 0.6 is 11.3 Å². The normalized spacial score (nSPS) is 11.3. The zero-order valence-electron chi connectivity index (χ0n) is 10.6. The molecule has 0 bridgehead atoms. The van der Waals surface area contributed by atoms with Gasteiger partial charge in [0, 0.05) is 11.8 Å². The van der Waals surface area contributed by atoms with Gasteiger partial charge in [-0.2, -0.15) is 4.98 Å². The van der Waals surface area contributed by atoms with Gasteiger partial charge in [-0.3, -0.25) is 9.36 Å². The molecule has 0 fully saturated rings. The van der Waals surface area contributed by atoms with Crippen LogP contribution in [0.3, 0.4) is 0 Å². The number of thiophene rings is 1. The van der Waals surface area contributed by atoms with Gasteiger partial charge in [-0.25, -0.2) is 4.98 Å². The Kier molecular flexibility index (Phi) is 2.90. The molecule has 0 unspecified atom stereocenters. The maximum Gasteiger partial charge on any atom is 0.262 e. The highest BCUT2D eigenvalue weighted by molar-refractivity contribution is 7.18. The van der Waals surface area contributed by atoms with Crippen molar-refractivity contribution in [3.05, 3.63) is 39.3 Å². The second-order valence-corrected chi connectivity index (χ2v) is 5.31. The predicted molar refractivity (Wildman–Crippen MR) is 71.4 cm³/mol. The first-order chi connectivity index (χ1) is 9.17. The van der Waals surface area contributed by atoms with Crippen molar-refractivity contribution in [2.75, 3.05) is 0 Å². The van der Waals surface area contributed by atoms with E-state index in [-0.39, 0.29) is 12.1 Å². The lowest BCUT2D eigenvalue weighted by atomic mass is 10.3. The molecule has 0 radical (unpaired) electrons. The predicted octanol–water partition coefficient (Wildman–Crippen LogP) is 1.76. The van der Waals surface area contributed by atoms with E-state index in [1.807, 2.05) is 6.07 Å². The van der Waals surface area contributed by atoms with Gasteiger partial charge >= 0.3 is 0 Å². The second-order valence-electron chi connectivity index (χ2n) is 4.19. The summed E-state index contributed by atoms with van der Waals surface area (Å²) in [6.07, 6.45) is 2.44. The van der Waals surface area contributed by atoms with Crippen LogP contribution in [0, 0.1) is 6.92 Å². The van der Waals surface area contributed by atoms with Crippen molar-refractivity contribution >= 4 is 21.6 Å². The van der Waals surface area contributed by atoms with E-state index in [1.165, 1.54) is 10.9 Å². The summed E-state index contributed by atoms with van der Waals surface area (Å²) in [5.41, 5.74) is -0.0663. The van der Waals surface area contributed by atoms with Crippen molar-refractivity contribution in [2.45, 2.75) is 26.8 Å². The molecule has 3 heterocycles. The number of nitrogens with zero attached hydrogens (tertiary/aromatic N) is 4. The van der Waals surface area contributed by atoms with E-state index in [9.17, 15) is 4.79 Å². The van der Waals surface area contributed by atoms with Crippen molar-refractivity contribution < 1.29 is 4.52 Å². The summed E-state index contributed by atoms with van der Waals surface area (Å²) in [6, 6.07) is 1.91. The Bertz CT molecular complexity index is 786. The zero-order chi connectivity index (χ0) is 13.4. The van der Waals surface area contributed by atoms with Gasteiger partial charge in [0.1, 0.15) is 4.83 Å². The fourth-order valence-electron chi connectivity index (χ4n) is 1.85. The van der Waals surface area contributed by atoms with E-state index in [0.29, 0.717) is 17.1 Å². The number of fused-ring (bicyclic) bond motifs is 1. The summed E-state index contributed by atoms with van der Waals surface area (Å²) in [5.74, 6) is 0.965. The molecule has 0 amide bonds. The van der Waals surface area contributed by atoms with Gasteiger partial charge in [0.05, 0.1) is 18.3 Å². The van der Waals surface area contributed by atoms with Gasteiger partial charge < -0.3 is 4.52 Å². The highest BCUT2D eigenvalue weighted by atomic mass is 32.1. The van der Waals surface area contributed by atoms with Crippen LogP contribution in [-0.2, 0) is 13.0 Å². The lowest BCUT2D eigenvalue weighted by molar-refractivity contribution is 0.386. The topological polar surface area (TPSA) is 73.8 Å². The van der Waals surface area contributed by atoms with Crippen molar-refractivity contribution in [1.29, 1.82) is 0 Å². The maximum absolute atomic E-state index is 12.3. The monoisotopic (exact) mass is 276 g/mol. The van der Waals surface area contributed by atoms with E-state index >= 15 is 0 Å². The van der Waals surface area contributed by atoms with Gasteiger partial charge in [-0.15, -0.1) is 11.3 Å². The van der Waals surface area contributed by atoms with Crippen LogP contribution in [0.2, 0.25) is 0 Å². The molecule has 3 rings (SSSR count). The molecule has 0 N–H and O–H groups in total. The Balaban J connectivity index is 2.04. The summed E-state index contributed by atoms with van der Waals surface area (Å²) in [4.78, 5) is 22.6. The minimum Gasteiger partial charge on any atom is -0.340 e. The number of hydrogen-bond donors (Lipinski definition) is 0. The van der Waals surface area contributed by atoms with E-state index in [2.05, 4.69) is 22.0 Å². The average Bonchev–Trinajstić information content (AvgIpc) is 2.99. The van der Waals surface area contributed by atoms with Crippen molar-refractivity contribution in [3.8, 4) is 0 Å². The molecule has 0 aliphatic carbocycles. The largest absolute Gasteiger partial charge is 0.340 e. The first-order valence-electron chi connectivity index (χ1n) is 5.94. The first kappa shape index (κ1) is 12.0. The Labute approximate surface area is 112 Å². The summed E-state index contributed by atoms with van der Waals surface area (Å²) in [5, 5.41) is 4.44. The Morgan fingerprint density at radius 1 is 1.47 bits per heavy atom. The third kappa shape index (κ3) is 2.17. The van der Waals surface area contributed by atoms with E-state index in [1.54, 1.807) is 18.3 Å². The Hall–Kier alpha value is -2.02. The molecule has 6 nitrogen and oxygen atoms in total. The minimum absolute atomic E-state index is 0.0663. The number of hydrogen-bond acceptors (Lipinski definition) is 6. The third-order valence-corrected chi connectivity index (χ3v) is 3.99. The molecule has 0 saturated carbocycles. The molecule has 7 heteroatoms. The molecule has 0 atom stereocenters. The van der Waals surface area contributed by atoms with E-state index < -0.39 is 0 Å². The molecule has 0 saturated heterocycles. The van der Waals surface area contributed by atoms with Crippen molar-refractivity contribution in [1.82, 2.24) is 19.7 Å². The van der Waals surface area contributed by atoms with Gasteiger partial charge in [-0.05, 0) is 12.5 Å². The fraction of sp³-hybridized carbons (Fsp3) is 0.333. The molecule has 0 spiro atoms. The second kappa shape index (κ2) is 4.58. The van der Waals surface area contributed by atoms with Crippen LogP contribution < -0.4 is 5.56 Å². The first-order valence-corrected chi connectivity index (χ1v) is 6.76. The van der Waals surface area contributed by atoms with Crippen LogP contribution in [0.4, 0.5) is 0 Å². The van der Waals surface area contributed by atoms with Crippen LogP contribution in [0.15, 0.2) is 21.7 Å². The quantitative estimate of drug-likeness (QED) is 0.728. The standard InChI is InChI=1S/C12H12N4O2S/c1-3-8-4-9-11(19-8)13-6-16(12(9)17)5-10-14-7(2)18-15-10/h4,6H,3,5H2,1-2H3. The van der Waals surface area contributed by atoms with E-state index in [0.717, 1.165) is 16.1 Å². The summed E-state index contributed by atoms with van der Waals surface area (Å²) in [7, 11) is 0. The lowest BCUT2D eigenvalue weighted by Gasteiger charge is -2.00. The molecule has 0 aliphatic heterocycles. The highest BCUT2D eigenvalue weighted by Gasteiger charge is 2.10. The average molecular weight is 276 g/mol. The van der Waals surface area contributed by atoms with Gasteiger partial charge in [0.2, 0.25) is 5.89 Å². The van der Waals surface area contributed by atoms with Gasteiger partial charge in [0.15, 0.2) is 5.82 Å². The molecule has 98 valence electrons. The third-order valence-electron chi connectivity index (χ3n) is 2.80. The number of rotatable bonds is 3. The number of aryl methyl sites for hydroxylation is 2. The minimum atomic E-state index is -0.0663. The molecule has 19 heavy (non-hydrogen) atoms. The number of aromatic nitrogens is 4. The van der Waals surface area contributed by atoms with E-state index in [4.69, 9.17) is 4.52 Å². The SMILES string of the molecule is CCc1cc2c(=O)n(Cc3noc(C)n3)cnc2s1. The molecular formula is C12H12N4O2S. The Morgan fingerprint density at radius 3 is 3.00 bits per heavy atom. The van der Waals surface area contributed by atoms with Crippen LogP contribution in [0.5, 0.6) is 0 Å². The van der Waals surface area contributed by atoms with Crippen LogP contribution in [-0.4, -0.2) is 19.7 Å². The maximum atomic E-state index is 12.3. The summed E-state index contributed by atoms with van der Waals surface area (Å²) < 4.78 is 6.39.